The second-order valence-electron chi connectivity index (χ2n) is 5.43. The van der Waals surface area contributed by atoms with Crippen molar-refractivity contribution in [2.45, 2.75) is 6.54 Å². The number of nitro groups is 1. The number of aromatic nitrogens is 3. The van der Waals surface area contributed by atoms with E-state index in [1.54, 1.807) is 47.5 Å². The molecule has 10 heteroatoms. The summed E-state index contributed by atoms with van der Waals surface area (Å²) in [4.78, 5) is 26.4. The Morgan fingerprint density at radius 2 is 1.96 bits per heavy atom. The van der Waals surface area contributed by atoms with Gasteiger partial charge in [-0.05, 0) is 39.2 Å². The van der Waals surface area contributed by atoms with Crippen molar-refractivity contribution < 1.29 is 9.72 Å². The van der Waals surface area contributed by atoms with Crippen LogP contribution in [0.3, 0.4) is 0 Å². The smallest absolute Gasteiger partial charge is 0.266 e. The normalized spacial score (nSPS) is 10.9. The number of amides is 1. The van der Waals surface area contributed by atoms with Crippen LogP contribution in [0.1, 0.15) is 21.6 Å². The van der Waals surface area contributed by atoms with Gasteiger partial charge in [-0.2, -0.15) is 10.2 Å². The number of carbonyl (C=O) groups excluding carboxylic acids is 1. The summed E-state index contributed by atoms with van der Waals surface area (Å²) < 4.78 is 2.08. The lowest BCUT2D eigenvalue weighted by molar-refractivity contribution is -0.384. The van der Waals surface area contributed by atoms with Gasteiger partial charge in [-0.1, -0.05) is 12.1 Å². The predicted octanol–water partition coefficient (Wildman–Crippen LogP) is 2.76. The number of pyridine rings is 1. The number of nitro benzene ring substituents is 1. The summed E-state index contributed by atoms with van der Waals surface area (Å²) in [7, 11) is 0. The van der Waals surface area contributed by atoms with Crippen LogP contribution in [0, 0.1) is 10.1 Å². The minimum atomic E-state index is -0.463. The number of nitrogens with zero attached hydrogens (tertiary/aromatic N) is 5. The molecule has 0 bridgehead atoms. The number of nitrogens with one attached hydrogen (secondary N) is 1. The first-order valence-corrected chi connectivity index (χ1v) is 8.52. The zero-order chi connectivity index (χ0) is 19.2. The highest BCUT2D eigenvalue weighted by atomic mass is 79.9. The summed E-state index contributed by atoms with van der Waals surface area (Å²) in [6.45, 7) is 0.365. The van der Waals surface area contributed by atoms with E-state index in [4.69, 9.17) is 0 Å². The molecule has 0 saturated carbocycles. The molecule has 0 spiro atoms. The number of hydrogen-bond acceptors (Lipinski definition) is 6. The highest BCUT2D eigenvalue weighted by Crippen LogP contribution is 2.17. The van der Waals surface area contributed by atoms with Gasteiger partial charge in [0.1, 0.15) is 0 Å². The van der Waals surface area contributed by atoms with Crippen LogP contribution in [0.5, 0.6) is 0 Å². The molecule has 3 aromatic rings. The Morgan fingerprint density at radius 1 is 1.26 bits per heavy atom. The standard InChI is InChI=1S/C17H13BrN6O3/c18-15-11-23(10-13-1-3-14(4-2-13)24(26)27)22-16(15)17(25)21-20-9-12-5-7-19-8-6-12/h1-9,11H,10H2,(H,21,25)/b20-9-. The van der Waals surface area contributed by atoms with Gasteiger partial charge >= 0.3 is 0 Å². The lowest BCUT2D eigenvalue weighted by Gasteiger charge is -2.01. The minimum absolute atomic E-state index is 0.0209. The molecule has 0 aliphatic carbocycles. The van der Waals surface area contributed by atoms with Gasteiger partial charge in [0.2, 0.25) is 0 Å². The molecule has 0 aliphatic heterocycles. The van der Waals surface area contributed by atoms with Gasteiger partial charge < -0.3 is 0 Å². The van der Waals surface area contributed by atoms with Gasteiger partial charge in [-0.15, -0.1) is 0 Å². The zero-order valence-corrected chi connectivity index (χ0v) is 15.4. The number of non-ortho nitro benzene ring substituents is 1. The van der Waals surface area contributed by atoms with Crippen molar-refractivity contribution in [2.24, 2.45) is 5.10 Å². The molecular formula is C17H13BrN6O3. The number of hydrogen-bond donors (Lipinski definition) is 1. The maximum absolute atomic E-state index is 12.2. The van der Waals surface area contributed by atoms with Crippen molar-refractivity contribution in [1.29, 1.82) is 0 Å². The Balaban J connectivity index is 1.65. The molecule has 1 amide bonds. The highest BCUT2D eigenvalue weighted by Gasteiger charge is 2.15. The number of carbonyl (C=O) groups is 1. The molecule has 1 N–H and O–H groups in total. The first-order chi connectivity index (χ1) is 13.0. The maximum atomic E-state index is 12.2. The summed E-state index contributed by atoms with van der Waals surface area (Å²) in [5.41, 5.74) is 4.24. The Labute approximate surface area is 162 Å². The van der Waals surface area contributed by atoms with Crippen LogP contribution in [-0.2, 0) is 6.54 Å². The minimum Gasteiger partial charge on any atom is -0.266 e. The van der Waals surface area contributed by atoms with Crippen molar-refractivity contribution in [3.8, 4) is 0 Å². The largest absolute Gasteiger partial charge is 0.293 e. The van der Waals surface area contributed by atoms with Crippen molar-refractivity contribution in [1.82, 2.24) is 20.2 Å². The summed E-state index contributed by atoms with van der Waals surface area (Å²) in [5, 5.41) is 18.8. The molecule has 3 rings (SSSR count). The average molecular weight is 429 g/mol. The van der Waals surface area contributed by atoms with E-state index in [2.05, 4.69) is 36.5 Å². The van der Waals surface area contributed by atoms with E-state index in [-0.39, 0.29) is 11.4 Å². The molecular weight excluding hydrogens is 416 g/mol. The van der Waals surface area contributed by atoms with E-state index in [0.29, 0.717) is 11.0 Å². The van der Waals surface area contributed by atoms with E-state index >= 15 is 0 Å². The maximum Gasteiger partial charge on any atom is 0.293 e. The van der Waals surface area contributed by atoms with Crippen LogP contribution in [-0.4, -0.2) is 31.8 Å². The van der Waals surface area contributed by atoms with Gasteiger partial charge in [0.15, 0.2) is 5.69 Å². The van der Waals surface area contributed by atoms with Crippen molar-refractivity contribution in [2.75, 3.05) is 0 Å². The third kappa shape index (κ3) is 4.82. The fourth-order valence-electron chi connectivity index (χ4n) is 2.21. The van der Waals surface area contributed by atoms with Crippen LogP contribution in [0.4, 0.5) is 5.69 Å². The molecule has 9 nitrogen and oxygen atoms in total. The van der Waals surface area contributed by atoms with Gasteiger partial charge in [-0.25, -0.2) is 5.43 Å². The molecule has 0 radical (unpaired) electrons. The number of rotatable bonds is 6. The van der Waals surface area contributed by atoms with E-state index in [1.165, 1.54) is 18.3 Å². The fourth-order valence-corrected chi connectivity index (χ4v) is 2.71. The van der Waals surface area contributed by atoms with E-state index < -0.39 is 10.8 Å². The molecule has 0 saturated heterocycles. The molecule has 0 unspecified atom stereocenters. The Bertz CT molecular complexity index is 986. The lowest BCUT2D eigenvalue weighted by Crippen LogP contribution is -2.19. The van der Waals surface area contributed by atoms with Crippen LogP contribution in [0.25, 0.3) is 0 Å². The molecule has 27 heavy (non-hydrogen) atoms. The SMILES string of the molecule is O=C(N/N=C\c1ccncc1)c1nn(Cc2ccc([N+](=O)[O-])cc2)cc1Br. The van der Waals surface area contributed by atoms with Gasteiger partial charge in [0.25, 0.3) is 11.6 Å². The fraction of sp³-hybridized carbons (Fsp3) is 0.0588. The summed E-state index contributed by atoms with van der Waals surface area (Å²) in [5.74, 6) is -0.463. The summed E-state index contributed by atoms with van der Waals surface area (Å²) in [6.07, 6.45) is 6.41. The van der Waals surface area contributed by atoms with Gasteiger partial charge in [0, 0.05) is 30.7 Å². The number of hydrazone groups is 1. The van der Waals surface area contributed by atoms with Gasteiger partial charge in [0.05, 0.1) is 22.2 Å². The van der Waals surface area contributed by atoms with E-state index in [9.17, 15) is 14.9 Å². The second-order valence-corrected chi connectivity index (χ2v) is 6.28. The molecule has 136 valence electrons. The molecule has 2 aromatic heterocycles. The molecule has 0 aliphatic rings. The van der Waals surface area contributed by atoms with Crippen LogP contribution in [0.15, 0.2) is 64.6 Å². The average Bonchev–Trinajstić information content (AvgIpc) is 3.03. The first kappa shape index (κ1) is 18.4. The Kier molecular flexibility index (Phi) is 5.67. The van der Waals surface area contributed by atoms with Crippen molar-refractivity contribution >= 4 is 33.7 Å². The van der Waals surface area contributed by atoms with Crippen LogP contribution < -0.4 is 5.43 Å². The third-order valence-corrected chi connectivity index (χ3v) is 4.09. The quantitative estimate of drug-likeness (QED) is 0.368. The van der Waals surface area contributed by atoms with Gasteiger partial charge in [-0.3, -0.25) is 24.6 Å². The Hall–Kier alpha value is -3.40. The van der Waals surface area contributed by atoms with E-state index in [0.717, 1.165) is 11.1 Å². The zero-order valence-electron chi connectivity index (χ0n) is 13.8. The summed E-state index contributed by atoms with van der Waals surface area (Å²) >= 11 is 3.31. The van der Waals surface area contributed by atoms with E-state index in [1.807, 2.05) is 0 Å². The Morgan fingerprint density at radius 3 is 2.63 bits per heavy atom. The van der Waals surface area contributed by atoms with Crippen molar-refractivity contribution in [3.63, 3.8) is 0 Å². The first-order valence-electron chi connectivity index (χ1n) is 7.72. The topological polar surface area (TPSA) is 115 Å². The van der Waals surface area contributed by atoms with Crippen molar-refractivity contribution in [3.05, 3.63) is 86.4 Å². The van der Waals surface area contributed by atoms with Crippen LogP contribution >= 0.6 is 15.9 Å². The summed E-state index contributed by atoms with van der Waals surface area (Å²) in [6, 6.07) is 9.65. The predicted molar refractivity (Wildman–Crippen MR) is 101 cm³/mol. The number of benzene rings is 1. The molecule has 1 aromatic carbocycles. The highest BCUT2D eigenvalue weighted by molar-refractivity contribution is 9.10. The molecule has 2 heterocycles. The molecule has 0 atom stereocenters. The third-order valence-electron chi connectivity index (χ3n) is 3.51. The second kappa shape index (κ2) is 8.32. The lowest BCUT2D eigenvalue weighted by atomic mass is 10.2. The number of halogens is 1. The monoisotopic (exact) mass is 428 g/mol. The van der Waals surface area contributed by atoms with Crippen LogP contribution in [0.2, 0.25) is 0 Å². The molecule has 0 fully saturated rings.